The van der Waals surface area contributed by atoms with Gasteiger partial charge in [0.1, 0.15) is 6.10 Å². The van der Waals surface area contributed by atoms with E-state index in [2.05, 4.69) is 4.90 Å². The zero-order valence-corrected chi connectivity index (χ0v) is 9.35. The second-order valence-corrected chi connectivity index (χ2v) is 3.97. The topological polar surface area (TPSA) is 32.7 Å². The molecule has 1 aliphatic heterocycles. The molecule has 1 atom stereocenters. The summed E-state index contributed by atoms with van der Waals surface area (Å²) in [6, 6.07) is 6.60. The summed E-state index contributed by atoms with van der Waals surface area (Å²) < 4.78 is 29.8. The SMILES string of the molecule is OC(c1ccc(N2CCOCC2)cc1)C(F)F. The van der Waals surface area contributed by atoms with Gasteiger partial charge in [-0.3, -0.25) is 0 Å². The normalized spacial score (nSPS) is 18.5. The second-order valence-electron chi connectivity index (χ2n) is 3.97. The van der Waals surface area contributed by atoms with Gasteiger partial charge in [0.15, 0.2) is 0 Å². The number of anilines is 1. The van der Waals surface area contributed by atoms with Crippen LogP contribution < -0.4 is 4.90 Å². The van der Waals surface area contributed by atoms with Crippen LogP contribution >= 0.6 is 0 Å². The largest absolute Gasteiger partial charge is 0.382 e. The first-order valence-corrected chi connectivity index (χ1v) is 5.57. The molecule has 1 N–H and O–H groups in total. The number of halogens is 2. The van der Waals surface area contributed by atoms with Crippen LogP contribution in [0.3, 0.4) is 0 Å². The minimum Gasteiger partial charge on any atom is -0.382 e. The number of benzene rings is 1. The van der Waals surface area contributed by atoms with E-state index in [1.807, 2.05) is 0 Å². The Hall–Kier alpha value is -1.20. The summed E-state index contributed by atoms with van der Waals surface area (Å²) in [6.07, 6.45) is -4.45. The molecule has 0 spiro atoms. The number of hydrogen-bond donors (Lipinski definition) is 1. The molecule has 0 radical (unpaired) electrons. The third kappa shape index (κ3) is 2.92. The highest BCUT2D eigenvalue weighted by Gasteiger charge is 2.19. The van der Waals surface area contributed by atoms with E-state index in [-0.39, 0.29) is 5.56 Å². The maximum atomic E-state index is 12.3. The van der Waals surface area contributed by atoms with Gasteiger partial charge in [-0.25, -0.2) is 8.78 Å². The average Bonchev–Trinajstić information content (AvgIpc) is 2.39. The molecule has 94 valence electrons. The van der Waals surface area contributed by atoms with E-state index in [1.165, 1.54) is 0 Å². The van der Waals surface area contributed by atoms with E-state index >= 15 is 0 Å². The second kappa shape index (κ2) is 5.42. The fraction of sp³-hybridized carbons (Fsp3) is 0.500. The molecular weight excluding hydrogens is 228 g/mol. The fourth-order valence-corrected chi connectivity index (χ4v) is 1.85. The molecule has 0 saturated carbocycles. The van der Waals surface area contributed by atoms with E-state index in [1.54, 1.807) is 24.3 Å². The van der Waals surface area contributed by atoms with Gasteiger partial charge in [-0.1, -0.05) is 12.1 Å². The number of aliphatic hydroxyl groups is 1. The van der Waals surface area contributed by atoms with Gasteiger partial charge in [0.25, 0.3) is 6.43 Å². The maximum Gasteiger partial charge on any atom is 0.268 e. The number of nitrogens with zero attached hydrogens (tertiary/aromatic N) is 1. The molecular formula is C12H15F2NO2. The van der Waals surface area contributed by atoms with Crippen LogP contribution in [0.4, 0.5) is 14.5 Å². The van der Waals surface area contributed by atoms with Crippen molar-refractivity contribution in [2.75, 3.05) is 31.2 Å². The third-order valence-electron chi connectivity index (χ3n) is 2.85. The molecule has 1 saturated heterocycles. The molecule has 0 amide bonds. The van der Waals surface area contributed by atoms with E-state index in [0.717, 1.165) is 18.8 Å². The molecule has 17 heavy (non-hydrogen) atoms. The summed E-state index contributed by atoms with van der Waals surface area (Å²) in [4.78, 5) is 2.13. The van der Waals surface area contributed by atoms with E-state index in [9.17, 15) is 13.9 Å². The Bertz CT molecular complexity index is 350. The first kappa shape index (κ1) is 12.3. The zero-order chi connectivity index (χ0) is 12.3. The van der Waals surface area contributed by atoms with Crippen molar-refractivity contribution in [1.82, 2.24) is 0 Å². The summed E-state index contributed by atoms with van der Waals surface area (Å²) in [7, 11) is 0. The molecule has 1 aromatic carbocycles. The Morgan fingerprint density at radius 3 is 2.24 bits per heavy atom. The third-order valence-corrected chi connectivity index (χ3v) is 2.85. The summed E-state index contributed by atoms with van der Waals surface area (Å²) >= 11 is 0. The van der Waals surface area contributed by atoms with E-state index < -0.39 is 12.5 Å². The van der Waals surface area contributed by atoms with E-state index in [4.69, 9.17) is 4.74 Å². The number of ether oxygens (including phenoxy) is 1. The predicted molar refractivity (Wildman–Crippen MR) is 60.4 cm³/mol. The van der Waals surface area contributed by atoms with Crippen LogP contribution in [-0.4, -0.2) is 37.8 Å². The van der Waals surface area contributed by atoms with E-state index in [0.29, 0.717) is 13.2 Å². The van der Waals surface area contributed by atoms with Crippen molar-refractivity contribution >= 4 is 5.69 Å². The molecule has 0 aromatic heterocycles. The smallest absolute Gasteiger partial charge is 0.268 e. The summed E-state index contributed by atoms with van der Waals surface area (Å²) in [5, 5.41) is 9.22. The lowest BCUT2D eigenvalue weighted by molar-refractivity contribution is -0.00577. The molecule has 5 heteroatoms. The molecule has 1 unspecified atom stereocenters. The van der Waals surface area contributed by atoms with Crippen molar-refractivity contribution in [3.05, 3.63) is 29.8 Å². The lowest BCUT2D eigenvalue weighted by Crippen LogP contribution is -2.36. The quantitative estimate of drug-likeness (QED) is 0.879. The Morgan fingerprint density at radius 1 is 1.12 bits per heavy atom. The van der Waals surface area contributed by atoms with Gasteiger partial charge in [0.05, 0.1) is 13.2 Å². The highest BCUT2D eigenvalue weighted by Crippen LogP contribution is 2.23. The number of alkyl halides is 2. The zero-order valence-electron chi connectivity index (χ0n) is 9.35. The molecule has 1 aliphatic rings. The lowest BCUT2D eigenvalue weighted by atomic mass is 10.1. The van der Waals surface area contributed by atoms with Gasteiger partial charge >= 0.3 is 0 Å². The van der Waals surface area contributed by atoms with Crippen LogP contribution in [0.2, 0.25) is 0 Å². The van der Waals surface area contributed by atoms with Gasteiger partial charge in [-0.15, -0.1) is 0 Å². The van der Waals surface area contributed by atoms with Crippen molar-refractivity contribution in [2.24, 2.45) is 0 Å². The molecule has 3 nitrogen and oxygen atoms in total. The highest BCUT2D eigenvalue weighted by atomic mass is 19.3. The van der Waals surface area contributed by atoms with Crippen LogP contribution in [0.1, 0.15) is 11.7 Å². The summed E-state index contributed by atoms with van der Waals surface area (Å²) in [6.45, 7) is 2.97. The minimum atomic E-state index is -2.75. The fourth-order valence-electron chi connectivity index (χ4n) is 1.85. The first-order valence-electron chi connectivity index (χ1n) is 5.57. The Balaban J connectivity index is 2.06. The van der Waals surface area contributed by atoms with Crippen LogP contribution in [0.5, 0.6) is 0 Å². The standard InChI is InChI=1S/C12H15F2NO2/c13-12(14)11(16)9-1-3-10(4-2-9)15-5-7-17-8-6-15/h1-4,11-12,16H,5-8H2. The Labute approximate surface area is 98.6 Å². The van der Waals surface area contributed by atoms with Crippen LogP contribution in [0, 0.1) is 0 Å². The summed E-state index contributed by atoms with van der Waals surface area (Å²) in [5.41, 5.74) is 1.22. The van der Waals surface area contributed by atoms with Gasteiger partial charge in [-0.2, -0.15) is 0 Å². The number of morpholine rings is 1. The lowest BCUT2D eigenvalue weighted by Gasteiger charge is -2.29. The van der Waals surface area contributed by atoms with Gasteiger partial charge in [-0.05, 0) is 17.7 Å². The predicted octanol–water partition coefficient (Wildman–Crippen LogP) is 1.82. The maximum absolute atomic E-state index is 12.3. The monoisotopic (exact) mass is 243 g/mol. The van der Waals surface area contributed by atoms with Crippen LogP contribution in [0.25, 0.3) is 0 Å². The van der Waals surface area contributed by atoms with Crippen LogP contribution in [0.15, 0.2) is 24.3 Å². The highest BCUT2D eigenvalue weighted by molar-refractivity contribution is 5.48. The van der Waals surface area contributed by atoms with Gasteiger partial charge < -0.3 is 14.7 Å². The Kier molecular flexibility index (Phi) is 3.91. The van der Waals surface area contributed by atoms with Crippen molar-refractivity contribution in [2.45, 2.75) is 12.5 Å². The molecule has 2 rings (SSSR count). The van der Waals surface area contributed by atoms with Gasteiger partial charge in [0.2, 0.25) is 0 Å². The molecule has 0 bridgehead atoms. The van der Waals surface area contributed by atoms with Crippen molar-refractivity contribution in [1.29, 1.82) is 0 Å². The Morgan fingerprint density at radius 2 is 1.71 bits per heavy atom. The number of aliphatic hydroxyl groups excluding tert-OH is 1. The number of hydrogen-bond acceptors (Lipinski definition) is 3. The van der Waals surface area contributed by atoms with Crippen molar-refractivity contribution in [3.63, 3.8) is 0 Å². The number of rotatable bonds is 3. The van der Waals surface area contributed by atoms with Crippen molar-refractivity contribution in [3.8, 4) is 0 Å². The molecule has 1 fully saturated rings. The summed E-state index contributed by atoms with van der Waals surface area (Å²) in [5.74, 6) is 0. The average molecular weight is 243 g/mol. The molecule has 1 heterocycles. The first-order chi connectivity index (χ1) is 8.18. The molecule has 1 aromatic rings. The van der Waals surface area contributed by atoms with Gasteiger partial charge in [0, 0.05) is 18.8 Å². The minimum absolute atomic E-state index is 0.247. The molecule has 0 aliphatic carbocycles. The van der Waals surface area contributed by atoms with Crippen molar-refractivity contribution < 1.29 is 18.6 Å². The van der Waals surface area contributed by atoms with Crippen LogP contribution in [-0.2, 0) is 4.74 Å².